The number of allylic oxidation sites excluding steroid dienone is 1. The van der Waals surface area contributed by atoms with E-state index in [0.717, 1.165) is 18.3 Å². The monoisotopic (exact) mass is 512 g/mol. The van der Waals surface area contributed by atoms with Gasteiger partial charge in [0.1, 0.15) is 17.6 Å². The van der Waals surface area contributed by atoms with Crippen LogP contribution in [0.5, 0.6) is 11.5 Å². The predicted molar refractivity (Wildman–Crippen MR) is 119 cm³/mol. The molecule has 5 nitrogen and oxygen atoms in total. The second-order valence-corrected chi connectivity index (χ2v) is 9.23. The minimum Gasteiger partial charge on any atom is -0.457 e. The van der Waals surface area contributed by atoms with Gasteiger partial charge in [-0.15, -0.1) is 0 Å². The molecule has 0 saturated heterocycles. The summed E-state index contributed by atoms with van der Waals surface area (Å²) in [4.78, 5) is -0.857. The van der Waals surface area contributed by atoms with Gasteiger partial charge in [-0.25, -0.2) is 8.42 Å². The fourth-order valence-electron chi connectivity index (χ4n) is 2.62. The third-order valence-corrected chi connectivity index (χ3v) is 6.59. The number of sulfone groups is 1. The summed E-state index contributed by atoms with van der Waals surface area (Å²) in [6.45, 7) is 0. The molecule has 0 spiro atoms. The molecule has 3 aromatic carbocycles. The zero-order chi connectivity index (χ0) is 24.2. The number of nitrogens with one attached hydrogen (secondary N) is 1. The SMILES string of the molecule is N#CC(=CNc1ccc(Oc2cccc(C(F)(F)F)c2)cc1)S(=O)(=O)c1ccc(Cl)cc1Cl. The quantitative estimate of drug-likeness (QED) is 0.357. The maximum Gasteiger partial charge on any atom is 0.416 e. The molecule has 0 unspecified atom stereocenters. The number of benzene rings is 3. The molecule has 0 fully saturated rings. The Balaban J connectivity index is 1.76. The molecule has 0 aliphatic carbocycles. The van der Waals surface area contributed by atoms with Crippen molar-refractivity contribution >= 4 is 38.7 Å². The largest absolute Gasteiger partial charge is 0.457 e. The number of nitriles is 1. The first-order valence-electron chi connectivity index (χ1n) is 9.03. The van der Waals surface area contributed by atoms with Crippen molar-refractivity contribution in [2.24, 2.45) is 0 Å². The van der Waals surface area contributed by atoms with E-state index >= 15 is 0 Å². The highest BCUT2D eigenvalue weighted by atomic mass is 35.5. The van der Waals surface area contributed by atoms with E-state index in [0.29, 0.717) is 5.69 Å². The fraction of sp³-hybridized carbons (Fsp3) is 0.0455. The summed E-state index contributed by atoms with van der Waals surface area (Å²) in [6, 6.07) is 15.8. The Hall–Kier alpha value is -3.19. The number of anilines is 1. The average Bonchev–Trinajstić information content (AvgIpc) is 2.74. The summed E-state index contributed by atoms with van der Waals surface area (Å²) in [5, 5.41) is 12.1. The van der Waals surface area contributed by atoms with Crippen molar-refractivity contribution in [3.8, 4) is 17.6 Å². The maximum absolute atomic E-state index is 12.8. The minimum atomic E-state index is -4.49. The zero-order valence-corrected chi connectivity index (χ0v) is 18.7. The number of hydrogen-bond donors (Lipinski definition) is 1. The summed E-state index contributed by atoms with van der Waals surface area (Å²) in [5.74, 6) is 0.257. The van der Waals surface area contributed by atoms with E-state index in [2.05, 4.69) is 5.32 Å². The summed E-state index contributed by atoms with van der Waals surface area (Å²) >= 11 is 11.7. The van der Waals surface area contributed by atoms with E-state index < -0.39 is 26.5 Å². The maximum atomic E-state index is 12.8. The first-order valence-corrected chi connectivity index (χ1v) is 11.3. The Kier molecular flexibility index (Phi) is 7.22. The smallest absolute Gasteiger partial charge is 0.416 e. The van der Waals surface area contributed by atoms with E-state index in [1.54, 1.807) is 6.07 Å². The van der Waals surface area contributed by atoms with Gasteiger partial charge in [0.2, 0.25) is 9.84 Å². The van der Waals surface area contributed by atoms with Crippen molar-refractivity contribution in [2.45, 2.75) is 11.1 Å². The van der Waals surface area contributed by atoms with Gasteiger partial charge in [-0.2, -0.15) is 18.4 Å². The van der Waals surface area contributed by atoms with Crippen LogP contribution in [0, 0.1) is 11.3 Å². The second kappa shape index (κ2) is 9.75. The molecule has 33 heavy (non-hydrogen) atoms. The van der Waals surface area contributed by atoms with E-state index in [-0.39, 0.29) is 26.4 Å². The number of rotatable bonds is 6. The Labute approximate surface area is 197 Å². The van der Waals surface area contributed by atoms with Gasteiger partial charge in [-0.1, -0.05) is 29.3 Å². The fourth-order valence-corrected chi connectivity index (χ4v) is 4.47. The third-order valence-electron chi connectivity index (χ3n) is 4.20. The number of nitrogens with zero attached hydrogens (tertiary/aromatic N) is 1. The van der Waals surface area contributed by atoms with Crippen LogP contribution in [0.25, 0.3) is 0 Å². The Morgan fingerprint density at radius 3 is 2.30 bits per heavy atom. The lowest BCUT2D eigenvalue weighted by molar-refractivity contribution is -0.137. The van der Waals surface area contributed by atoms with Gasteiger partial charge >= 0.3 is 6.18 Å². The van der Waals surface area contributed by atoms with Crippen LogP contribution in [0.2, 0.25) is 10.0 Å². The lowest BCUT2D eigenvalue weighted by Gasteiger charge is -2.10. The molecular weight excluding hydrogens is 500 g/mol. The van der Waals surface area contributed by atoms with Crippen molar-refractivity contribution in [2.75, 3.05) is 5.32 Å². The van der Waals surface area contributed by atoms with Crippen LogP contribution in [0.4, 0.5) is 18.9 Å². The molecule has 0 aliphatic rings. The van der Waals surface area contributed by atoms with Crippen LogP contribution in [0.3, 0.4) is 0 Å². The molecule has 0 amide bonds. The first-order chi connectivity index (χ1) is 15.5. The number of alkyl halides is 3. The van der Waals surface area contributed by atoms with Gasteiger partial charge in [0.15, 0.2) is 4.91 Å². The van der Waals surface area contributed by atoms with E-state index in [9.17, 15) is 26.9 Å². The van der Waals surface area contributed by atoms with Crippen LogP contribution in [0.1, 0.15) is 5.56 Å². The molecule has 11 heteroatoms. The molecule has 0 bridgehead atoms. The molecule has 0 atom stereocenters. The molecule has 0 heterocycles. The zero-order valence-electron chi connectivity index (χ0n) is 16.4. The molecule has 3 aromatic rings. The third kappa shape index (κ3) is 5.99. The van der Waals surface area contributed by atoms with Crippen molar-refractivity contribution in [3.05, 3.63) is 93.4 Å². The van der Waals surface area contributed by atoms with Crippen molar-refractivity contribution in [1.29, 1.82) is 5.26 Å². The molecular formula is C22H13Cl2F3N2O3S. The topological polar surface area (TPSA) is 79.2 Å². The van der Waals surface area contributed by atoms with Crippen LogP contribution < -0.4 is 10.1 Å². The lowest BCUT2D eigenvalue weighted by atomic mass is 10.2. The minimum absolute atomic E-state index is 0.00290. The highest BCUT2D eigenvalue weighted by Gasteiger charge is 2.30. The van der Waals surface area contributed by atoms with Gasteiger partial charge in [0.05, 0.1) is 15.5 Å². The van der Waals surface area contributed by atoms with Gasteiger partial charge in [-0.05, 0) is 60.7 Å². The van der Waals surface area contributed by atoms with Crippen LogP contribution in [0.15, 0.2) is 82.7 Å². The van der Waals surface area contributed by atoms with Crippen LogP contribution in [-0.4, -0.2) is 8.42 Å². The molecule has 3 rings (SSSR count). The summed E-state index contributed by atoms with van der Waals surface area (Å²) in [5.41, 5.74) is -0.439. The molecule has 1 N–H and O–H groups in total. The predicted octanol–water partition coefficient (Wildman–Crippen LogP) is 7.06. The van der Waals surface area contributed by atoms with Gasteiger partial charge in [0, 0.05) is 16.9 Å². The molecule has 170 valence electrons. The summed E-state index contributed by atoms with van der Waals surface area (Å²) in [6.07, 6.45) is -3.49. The van der Waals surface area contributed by atoms with Gasteiger partial charge < -0.3 is 10.1 Å². The number of halogens is 5. The van der Waals surface area contributed by atoms with Gasteiger partial charge in [-0.3, -0.25) is 0 Å². The van der Waals surface area contributed by atoms with Gasteiger partial charge in [0.25, 0.3) is 0 Å². The number of hydrogen-bond acceptors (Lipinski definition) is 5. The highest BCUT2D eigenvalue weighted by molar-refractivity contribution is 7.95. The summed E-state index contributed by atoms with van der Waals surface area (Å²) < 4.78 is 69.3. The van der Waals surface area contributed by atoms with Crippen molar-refractivity contribution in [1.82, 2.24) is 0 Å². The van der Waals surface area contributed by atoms with E-state index in [1.807, 2.05) is 0 Å². The van der Waals surface area contributed by atoms with Crippen LogP contribution >= 0.6 is 23.2 Å². The van der Waals surface area contributed by atoms with E-state index in [4.69, 9.17) is 27.9 Å². The highest BCUT2D eigenvalue weighted by Crippen LogP contribution is 2.33. The second-order valence-electron chi connectivity index (χ2n) is 6.49. The Bertz CT molecular complexity index is 1350. The van der Waals surface area contributed by atoms with E-state index in [1.165, 1.54) is 54.6 Å². The molecule has 0 saturated carbocycles. The molecule has 0 aliphatic heterocycles. The molecule has 0 aromatic heterocycles. The lowest BCUT2D eigenvalue weighted by Crippen LogP contribution is -2.06. The molecule has 0 radical (unpaired) electrons. The van der Waals surface area contributed by atoms with Crippen molar-refractivity contribution in [3.63, 3.8) is 0 Å². The number of ether oxygens (including phenoxy) is 1. The average molecular weight is 513 g/mol. The Morgan fingerprint density at radius 2 is 1.70 bits per heavy atom. The Morgan fingerprint density at radius 1 is 1.00 bits per heavy atom. The standard InChI is InChI=1S/C22H13Cl2F3N2O3S/c23-15-4-9-21(20(24)11-15)33(30,31)19(12-28)13-29-16-5-7-17(8-6-16)32-18-3-1-2-14(10-18)22(25,26)27/h1-11,13,29H. The van der Waals surface area contributed by atoms with Crippen LogP contribution in [-0.2, 0) is 16.0 Å². The summed E-state index contributed by atoms with van der Waals surface area (Å²) in [7, 11) is -4.20. The van der Waals surface area contributed by atoms with Crippen molar-refractivity contribution < 1.29 is 26.3 Å². The first kappa shape index (κ1) is 24.5. The normalized spacial score (nSPS) is 12.2.